The van der Waals surface area contributed by atoms with Crippen molar-refractivity contribution in [2.45, 2.75) is 38.3 Å². The van der Waals surface area contributed by atoms with Crippen LogP contribution in [0.15, 0.2) is 18.2 Å². The third kappa shape index (κ3) is 2.72. The first-order valence-electron chi connectivity index (χ1n) is 6.27. The fourth-order valence-corrected chi connectivity index (χ4v) is 2.60. The molecule has 0 atom stereocenters. The summed E-state index contributed by atoms with van der Waals surface area (Å²) in [6.07, 6.45) is 5.22. The number of nitrogens with zero attached hydrogens (tertiary/aromatic N) is 1. The van der Waals surface area contributed by atoms with E-state index in [1.54, 1.807) is 13.2 Å². The first kappa shape index (κ1) is 12.2. The maximum Gasteiger partial charge on any atom is 0.162 e. The largest absolute Gasteiger partial charge is 0.504 e. The van der Waals surface area contributed by atoms with Crippen molar-refractivity contribution in [1.82, 2.24) is 4.90 Å². The van der Waals surface area contributed by atoms with Gasteiger partial charge < -0.3 is 9.84 Å². The third-order valence-corrected chi connectivity index (χ3v) is 3.67. The molecule has 0 amide bonds. The van der Waals surface area contributed by atoms with Crippen molar-refractivity contribution in [3.8, 4) is 11.5 Å². The normalized spacial score (nSPS) is 16.6. The van der Waals surface area contributed by atoms with E-state index >= 15 is 0 Å². The lowest BCUT2D eigenvalue weighted by atomic mass is 10.1. The van der Waals surface area contributed by atoms with Gasteiger partial charge >= 0.3 is 0 Å². The second-order valence-corrected chi connectivity index (χ2v) is 4.82. The highest BCUT2D eigenvalue weighted by Gasteiger charge is 2.20. The molecular weight excluding hydrogens is 214 g/mol. The number of benzene rings is 1. The Kier molecular flexibility index (Phi) is 3.89. The molecule has 17 heavy (non-hydrogen) atoms. The second kappa shape index (κ2) is 5.41. The lowest BCUT2D eigenvalue weighted by molar-refractivity contribution is 0.233. The van der Waals surface area contributed by atoms with E-state index in [0.717, 1.165) is 12.1 Å². The van der Waals surface area contributed by atoms with Gasteiger partial charge in [0.15, 0.2) is 11.5 Å². The molecule has 0 spiro atoms. The fraction of sp³-hybridized carbons (Fsp3) is 0.571. The molecule has 0 aromatic heterocycles. The van der Waals surface area contributed by atoms with E-state index in [0.29, 0.717) is 11.8 Å². The van der Waals surface area contributed by atoms with Crippen LogP contribution in [-0.4, -0.2) is 30.2 Å². The molecule has 1 N–H and O–H groups in total. The SMILES string of the molecule is COc1cccc(CN(C)C2CCCC2)c1O. The summed E-state index contributed by atoms with van der Waals surface area (Å²) in [6.45, 7) is 0.785. The average Bonchev–Trinajstić information content (AvgIpc) is 2.85. The van der Waals surface area contributed by atoms with E-state index in [-0.39, 0.29) is 5.75 Å². The van der Waals surface area contributed by atoms with Crippen LogP contribution in [0.1, 0.15) is 31.2 Å². The van der Waals surface area contributed by atoms with Gasteiger partial charge in [0, 0.05) is 18.2 Å². The predicted molar refractivity (Wildman–Crippen MR) is 68.4 cm³/mol. The van der Waals surface area contributed by atoms with Crippen LogP contribution >= 0.6 is 0 Å². The van der Waals surface area contributed by atoms with Crippen LogP contribution in [-0.2, 0) is 6.54 Å². The molecule has 0 radical (unpaired) electrons. The lowest BCUT2D eigenvalue weighted by Gasteiger charge is -2.24. The zero-order valence-electron chi connectivity index (χ0n) is 10.6. The highest BCUT2D eigenvalue weighted by molar-refractivity contribution is 5.45. The Morgan fingerprint density at radius 3 is 2.71 bits per heavy atom. The van der Waals surface area contributed by atoms with Crippen molar-refractivity contribution in [3.63, 3.8) is 0 Å². The minimum Gasteiger partial charge on any atom is -0.504 e. The zero-order valence-corrected chi connectivity index (χ0v) is 10.6. The van der Waals surface area contributed by atoms with Gasteiger partial charge in [0.1, 0.15) is 0 Å². The number of rotatable bonds is 4. The molecule has 1 aliphatic rings. The summed E-state index contributed by atoms with van der Waals surface area (Å²) >= 11 is 0. The van der Waals surface area contributed by atoms with Gasteiger partial charge in [-0.05, 0) is 26.0 Å². The molecule has 0 unspecified atom stereocenters. The van der Waals surface area contributed by atoms with Crippen LogP contribution in [0.2, 0.25) is 0 Å². The summed E-state index contributed by atoms with van der Waals surface area (Å²) in [5.74, 6) is 0.835. The van der Waals surface area contributed by atoms with E-state index in [1.807, 2.05) is 12.1 Å². The quantitative estimate of drug-likeness (QED) is 0.871. The Balaban J connectivity index is 2.07. The van der Waals surface area contributed by atoms with Gasteiger partial charge in [-0.3, -0.25) is 4.90 Å². The number of ether oxygens (including phenoxy) is 1. The maximum absolute atomic E-state index is 10.0. The number of hydrogen-bond acceptors (Lipinski definition) is 3. The topological polar surface area (TPSA) is 32.7 Å². The summed E-state index contributed by atoms with van der Waals surface area (Å²) in [4.78, 5) is 2.33. The van der Waals surface area contributed by atoms with Crippen LogP contribution in [0.3, 0.4) is 0 Å². The summed E-state index contributed by atoms with van der Waals surface area (Å²) in [5.41, 5.74) is 0.943. The summed E-state index contributed by atoms with van der Waals surface area (Å²) in [7, 11) is 3.72. The van der Waals surface area contributed by atoms with Crippen molar-refractivity contribution in [3.05, 3.63) is 23.8 Å². The Morgan fingerprint density at radius 1 is 1.35 bits per heavy atom. The van der Waals surface area contributed by atoms with E-state index in [2.05, 4.69) is 11.9 Å². The molecule has 0 heterocycles. The number of hydrogen-bond donors (Lipinski definition) is 1. The smallest absolute Gasteiger partial charge is 0.162 e. The van der Waals surface area contributed by atoms with Gasteiger partial charge in [-0.15, -0.1) is 0 Å². The Hall–Kier alpha value is -1.22. The van der Waals surface area contributed by atoms with Crippen molar-refractivity contribution >= 4 is 0 Å². The van der Waals surface area contributed by atoms with Gasteiger partial charge in [-0.25, -0.2) is 0 Å². The fourth-order valence-electron chi connectivity index (χ4n) is 2.60. The first-order valence-corrected chi connectivity index (χ1v) is 6.27. The molecule has 3 nitrogen and oxygen atoms in total. The molecular formula is C14H21NO2. The summed E-state index contributed by atoms with van der Waals surface area (Å²) in [5, 5.41) is 10.0. The van der Waals surface area contributed by atoms with Crippen LogP contribution in [0.4, 0.5) is 0 Å². The van der Waals surface area contributed by atoms with Crippen LogP contribution in [0.5, 0.6) is 11.5 Å². The molecule has 94 valence electrons. The number of phenolic OH excluding ortho intramolecular Hbond substituents is 1. The molecule has 2 rings (SSSR count). The number of methoxy groups -OCH3 is 1. The first-order chi connectivity index (χ1) is 8.22. The average molecular weight is 235 g/mol. The maximum atomic E-state index is 10.0. The van der Waals surface area contributed by atoms with Gasteiger partial charge in [-0.1, -0.05) is 25.0 Å². The van der Waals surface area contributed by atoms with Crippen LogP contribution in [0, 0.1) is 0 Å². The van der Waals surface area contributed by atoms with Gasteiger partial charge in [0.25, 0.3) is 0 Å². The van der Waals surface area contributed by atoms with Crippen molar-refractivity contribution in [1.29, 1.82) is 0 Å². The molecule has 1 aromatic rings. The number of aromatic hydroxyl groups is 1. The van der Waals surface area contributed by atoms with Gasteiger partial charge in [-0.2, -0.15) is 0 Å². The molecule has 0 bridgehead atoms. The summed E-state index contributed by atoms with van der Waals surface area (Å²) in [6, 6.07) is 6.34. The van der Waals surface area contributed by atoms with Gasteiger partial charge in [0.2, 0.25) is 0 Å². The van der Waals surface area contributed by atoms with Gasteiger partial charge in [0.05, 0.1) is 7.11 Å². The Bertz CT molecular complexity index is 372. The lowest BCUT2D eigenvalue weighted by Crippen LogP contribution is -2.28. The molecule has 1 aromatic carbocycles. The van der Waals surface area contributed by atoms with E-state index in [9.17, 15) is 5.11 Å². The Morgan fingerprint density at radius 2 is 2.06 bits per heavy atom. The number of phenols is 1. The van der Waals surface area contributed by atoms with Crippen LogP contribution in [0.25, 0.3) is 0 Å². The minimum atomic E-state index is 0.278. The predicted octanol–water partition coefficient (Wildman–Crippen LogP) is 2.78. The van der Waals surface area contributed by atoms with E-state index in [1.165, 1.54) is 25.7 Å². The molecule has 3 heteroatoms. The summed E-state index contributed by atoms with van der Waals surface area (Å²) < 4.78 is 5.12. The van der Waals surface area contributed by atoms with E-state index < -0.39 is 0 Å². The highest BCUT2D eigenvalue weighted by Crippen LogP contribution is 2.31. The highest BCUT2D eigenvalue weighted by atomic mass is 16.5. The third-order valence-electron chi connectivity index (χ3n) is 3.67. The van der Waals surface area contributed by atoms with Crippen molar-refractivity contribution in [2.24, 2.45) is 0 Å². The Labute approximate surface area is 103 Å². The molecule has 1 fully saturated rings. The zero-order chi connectivity index (χ0) is 12.3. The standard InChI is InChI=1S/C14H21NO2/c1-15(12-7-3-4-8-12)10-11-6-5-9-13(17-2)14(11)16/h5-6,9,12,16H,3-4,7-8,10H2,1-2H3. The molecule has 0 saturated heterocycles. The number of para-hydroxylation sites is 1. The second-order valence-electron chi connectivity index (χ2n) is 4.82. The molecule has 1 saturated carbocycles. The molecule has 0 aliphatic heterocycles. The monoisotopic (exact) mass is 235 g/mol. The van der Waals surface area contributed by atoms with Crippen LogP contribution < -0.4 is 4.74 Å². The van der Waals surface area contributed by atoms with Crippen molar-refractivity contribution in [2.75, 3.05) is 14.2 Å². The van der Waals surface area contributed by atoms with Crippen molar-refractivity contribution < 1.29 is 9.84 Å². The van der Waals surface area contributed by atoms with E-state index in [4.69, 9.17) is 4.74 Å². The minimum absolute atomic E-state index is 0.278. The molecule has 1 aliphatic carbocycles.